The molecular formula is C18H13F3N2O2S. The minimum atomic E-state index is -4.56. The minimum absolute atomic E-state index is 0.113. The van der Waals surface area contributed by atoms with Crippen LogP contribution in [0.5, 0.6) is 0 Å². The minimum Gasteiger partial charge on any atom is -0.399 e. The third-order valence-corrected chi connectivity index (χ3v) is 4.90. The second-order valence-electron chi connectivity index (χ2n) is 5.64. The Morgan fingerprint density at radius 3 is 2.42 bits per heavy atom. The van der Waals surface area contributed by atoms with Gasteiger partial charge in [-0.3, -0.25) is 9.59 Å². The van der Waals surface area contributed by atoms with E-state index in [9.17, 15) is 22.8 Å². The molecule has 1 aliphatic rings. The van der Waals surface area contributed by atoms with E-state index in [2.05, 4.69) is 0 Å². The lowest BCUT2D eigenvalue weighted by Gasteiger charge is -2.15. The summed E-state index contributed by atoms with van der Waals surface area (Å²) in [5.74, 6) is -0.653. The number of imide groups is 1. The first kappa shape index (κ1) is 18.1. The number of nitrogens with two attached hydrogens (primary N) is 1. The summed E-state index contributed by atoms with van der Waals surface area (Å²) in [7, 11) is 0. The lowest BCUT2D eigenvalue weighted by molar-refractivity contribution is -0.137. The third kappa shape index (κ3) is 3.32. The largest absolute Gasteiger partial charge is 0.416 e. The van der Waals surface area contributed by atoms with Gasteiger partial charge in [0, 0.05) is 5.69 Å². The molecule has 2 aromatic carbocycles. The Kier molecular flexibility index (Phi) is 4.53. The monoisotopic (exact) mass is 378 g/mol. The van der Waals surface area contributed by atoms with Crippen LogP contribution in [0.4, 0.5) is 29.3 Å². The van der Waals surface area contributed by atoms with E-state index in [0.29, 0.717) is 28.6 Å². The maximum absolute atomic E-state index is 12.9. The van der Waals surface area contributed by atoms with E-state index < -0.39 is 22.9 Å². The van der Waals surface area contributed by atoms with Crippen molar-refractivity contribution in [3.63, 3.8) is 0 Å². The van der Waals surface area contributed by atoms with E-state index in [1.54, 1.807) is 31.2 Å². The van der Waals surface area contributed by atoms with Crippen molar-refractivity contribution in [1.29, 1.82) is 0 Å². The number of benzene rings is 2. The fourth-order valence-electron chi connectivity index (χ4n) is 2.55. The molecule has 3 rings (SSSR count). The van der Waals surface area contributed by atoms with Crippen LogP contribution in [0.15, 0.2) is 53.4 Å². The van der Waals surface area contributed by atoms with Gasteiger partial charge in [-0.1, -0.05) is 18.2 Å². The molecule has 4 nitrogen and oxygen atoms in total. The van der Waals surface area contributed by atoms with E-state index in [1.165, 1.54) is 6.07 Å². The molecular weight excluding hydrogens is 365 g/mol. The maximum atomic E-state index is 12.9. The molecule has 0 saturated carbocycles. The predicted octanol–water partition coefficient (Wildman–Crippen LogP) is 4.92. The molecule has 1 aliphatic heterocycles. The number of nitrogen functional groups attached to an aromatic ring is 1. The van der Waals surface area contributed by atoms with E-state index in [4.69, 9.17) is 5.73 Å². The lowest BCUT2D eigenvalue weighted by Crippen LogP contribution is -2.28. The van der Waals surface area contributed by atoms with Gasteiger partial charge in [0.15, 0.2) is 0 Å². The van der Waals surface area contributed by atoms with Crippen molar-refractivity contribution in [2.75, 3.05) is 10.6 Å². The van der Waals surface area contributed by atoms with Gasteiger partial charge in [0.1, 0.15) is 0 Å². The zero-order chi connectivity index (χ0) is 19.1. The van der Waals surface area contributed by atoms with Crippen molar-refractivity contribution in [2.24, 2.45) is 0 Å². The first-order valence-corrected chi connectivity index (χ1v) is 8.30. The maximum Gasteiger partial charge on any atom is 0.416 e. The van der Waals surface area contributed by atoms with Gasteiger partial charge in [0.05, 0.1) is 16.2 Å². The highest BCUT2D eigenvalue weighted by Crippen LogP contribution is 2.40. The van der Waals surface area contributed by atoms with Gasteiger partial charge < -0.3 is 5.73 Å². The molecule has 1 saturated heterocycles. The summed E-state index contributed by atoms with van der Waals surface area (Å²) in [6.45, 7) is 1.66. The number of nitrogens with zero attached hydrogens (tertiary/aromatic N) is 1. The fourth-order valence-corrected chi connectivity index (χ4v) is 3.45. The number of allylic oxidation sites excluding steroid dienone is 1. The van der Waals surface area contributed by atoms with Crippen molar-refractivity contribution < 1.29 is 22.8 Å². The number of thioether (sulfide) groups is 1. The number of alkyl halides is 3. The highest BCUT2D eigenvalue weighted by molar-refractivity contribution is 8.19. The van der Waals surface area contributed by atoms with Gasteiger partial charge in [-0.15, -0.1) is 0 Å². The van der Waals surface area contributed by atoms with Crippen LogP contribution in [-0.2, 0) is 11.0 Å². The zero-order valence-electron chi connectivity index (χ0n) is 13.5. The van der Waals surface area contributed by atoms with Gasteiger partial charge in [0.25, 0.3) is 11.1 Å². The zero-order valence-corrected chi connectivity index (χ0v) is 14.3. The first-order valence-electron chi connectivity index (χ1n) is 7.49. The number of anilines is 2. The topological polar surface area (TPSA) is 63.4 Å². The quantitative estimate of drug-likeness (QED) is 0.595. The highest BCUT2D eigenvalue weighted by Gasteiger charge is 2.39. The molecule has 2 amide bonds. The summed E-state index contributed by atoms with van der Waals surface area (Å²) in [5.41, 5.74) is 6.40. The summed E-state index contributed by atoms with van der Waals surface area (Å²) in [4.78, 5) is 25.9. The van der Waals surface area contributed by atoms with Crippen LogP contribution in [0.3, 0.4) is 0 Å². The second-order valence-corrected chi connectivity index (χ2v) is 6.60. The lowest BCUT2D eigenvalue weighted by atomic mass is 10.1. The average molecular weight is 378 g/mol. The Labute approximate surface area is 151 Å². The summed E-state index contributed by atoms with van der Waals surface area (Å²) in [6.07, 6.45) is -4.56. The molecule has 1 heterocycles. The van der Waals surface area contributed by atoms with Crippen molar-refractivity contribution in [2.45, 2.75) is 13.1 Å². The van der Waals surface area contributed by atoms with Crippen LogP contribution in [0.25, 0.3) is 5.57 Å². The van der Waals surface area contributed by atoms with E-state index in [0.717, 1.165) is 23.1 Å². The number of carbonyl (C=O) groups is 2. The van der Waals surface area contributed by atoms with Gasteiger partial charge in [-0.25, -0.2) is 4.90 Å². The van der Waals surface area contributed by atoms with Crippen LogP contribution in [0.2, 0.25) is 0 Å². The molecule has 0 atom stereocenters. The number of rotatable bonds is 2. The Balaban J connectivity index is 2.01. The molecule has 0 unspecified atom stereocenters. The summed E-state index contributed by atoms with van der Waals surface area (Å²) < 4.78 is 38.7. The standard InChI is InChI=1S/C18H13F3N2O2S/c1-10(11-4-2-6-13(22)8-11)15-16(24)23(17(25)26-15)14-7-3-5-12(9-14)18(19,20)21/h2-9H,22H2,1H3/b15-10-. The van der Waals surface area contributed by atoms with Crippen LogP contribution in [0.1, 0.15) is 18.1 Å². The fraction of sp³-hybridized carbons (Fsp3) is 0.111. The Bertz CT molecular complexity index is 938. The molecule has 0 aliphatic carbocycles. The van der Waals surface area contributed by atoms with Gasteiger partial charge in [-0.05, 0) is 60.2 Å². The normalized spacial score (nSPS) is 17.0. The molecule has 2 N–H and O–H groups in total. The second kappa shape index (κ2) is 6.53. The molecule has 2 aromatic rings. The highest BCUT2D eigenvalue weighted by atomic mass is 32.2. The Hall–Kier alpha value is -2.74. The molecule has 1 fully saturated rings. The number of halogens is 3. The molecule has 0 aromatic heterocycles. The third-order valence-electron chi connectivity index (χ3n) is 3.86. The predicted molar refractivity (Wildman–Crippen MR) is 95.4 cm³/mol. The van der Waals surface area contributed by atoms with Crippen molar-refractivity contribution in [3.05, 3.63) is 64.6 Å². The number of carbonyl (C=O) groups excluding carboxylic acids is 2. The summed E-state index contributed by atoms with van der Waals surface area (Å²) in [5, 5.41) is -0.646. The van der Waals surface area contributed by atoms with E-state index >= 15 is 0 Å². The number of hydrogen-bond donors (Lipinski definition) is 1. The van der Waals surface area contributed by atoms with Crippen LogP contribution < -0.4 is 10.6 Å². The Morgan fingerprint density at radius 1 is 1.08 bits per heavy atom. The van der Waals surface area contributed by atoms with Crippen LogP contribution >= 0.6 is 11.8 Å². The molecule has 26 heavy (non-hydrogen) atoms. The molecule has 0 bridgehead atoms. The SMILES string of the molecule is C/C(=C1/SC(=O)N(c2cccc(C(F)(F)F)c2)C1=O)c1cccc(N)c1. The van der Waals surface area contributed by atoms with Gasteiger partial charge in [-0.2, -0.15) is 13.2 Å². The molecule has 134 valence electrons. The van der Waals surface area contributed by atoms with Gasteiger partial charge >= 0.3 is 6.18 Å². The summed E-state index contributed by atoms with van der Waals surface area (Å²) in [6, 6.07) is 10.9. The molecule has 0 radical (unpaired) electrons. The van der Waals surface area contributed by atoms with Crippen molar-refractivity contribution in [1.82, 2.24) is 0 Å². The smallest absolute Gasteiger partial charge is 0.399 e. The van der Waals surface area contributed by atoms with E-state index in [-0.39, 0.29) is 10.6 Å². The van der Waals surface area contributed by atoms with Crippen molar-refractivity contribution >= 4 is 39.9 Å². The molecule has 0 spiro atoms. The number of amides is 2. The van der Waals surface area contributed by atoms with E-state index in [1.807, 2.05) is 0 Å². The first-order chi connectivity index (χ1) is 12.2. The average Bonchev–Trinajstić information content (AvgIpc) is 2.88. The van der Waals surface area contributed by atoms with Gasteiger partial charge in [0.2, 0.25) is 0 Å². The summed E-state index contributed by atoms with van der Waals surface area (Å²) >= 11 is 0.694. The van der Waals surface area contributed by atoms with Crippen LogP contribution in [-0.4, -0.2) is 11.1 Å². The van der Waals surface area contributed by atoms with Crippen molar-refractivity contribution in [3.8, 4) is 0 Å². The van der Waals surface area contributed by atoms with Crippen LogP contribution in [0, 0.1) is 0 Å². The molecule has 8 heteroatoms. The number of hydrogen-bond acceptors (Lipinski definition) is 4. The Morgan fingerprint density at radius 2 is 1.77 bits per heavy atom.